The van der Waals surface area contributed by atoms with Crippen LogP contribution in [0.1, 0.15) is 48.9 Å². The highest BCUT2D eigenvalue weighted by atomic mass is 32.2. The van der Waals surface area contributed by atoms with E-state index in [0.717, 1.165) is 17.4 Å². The first kappa shape index (κ1) is 12.6. The molecule has 1 heterocycles. The lowest BCUT2D eigenvalue weighted by Gasteiger charge is -2.25. The van der Waals surface area contributed by atoms with Crippen molar-refractivity contribution in [2.24, 2.45) is 5.92 Å². The highest BCUT2D eigenvalue weighted by Gasteiger charge is 2.19. The summed E-state index contributed by atoms with van der Waals surface area (Å²) >= 11 is 1.89. The maximum Gasteiger partial charge on any atom is 0.371 e. The Morgan fingerprint density at radius 2 is 2.35 bits per heavy atom. The minimum Gasteiger partial charge on any atom is -0.475 e. The Hall–Kier alpha value is -0.900. The van der Waals surface area contributed by atoms with Crippen molar-refractivity contribution in [1.29, 1.82) is 0 Å². The molecule has 0 aromatic carbocycles. The Morgan fingerprint density at radius 1 is 1.53 bits per heavy atom. The van der Waals surface area contributed by atoms with E-state index in [2.05, 4.69) is 6.92 Å². The largest absolute Gasteiger partial charge is 0.475 e. The Labute approximate surface area is 106 Å². The van der Waals surface area contributed by atoms with Gasteiger partial charge in [-0.2, -0.15) is 11.8 Å². The molecule has 0 aliphatic heterocycles. The fraction of sp³-hybridized carbons (Fsp3) is 0.615. The maximum atomic E-state index is 10.7. The molecule has 94 valence electrons. The monoisotopic (exact) mass is 254 g/mol. The summed E-state index contributed by atoms with van der Waals surface area (Å²) in [5, 5.41) is 9.45. The molecular weight excluding hydrogens is 236 g/mol. The minimum absolute atomic E-state index is 0.0395. The van der Waals surface area contributed by atoms with E-state index in [1.54, 1.807) is 6.07 Å². The molecule has 0 bridgehead atoms. The van der Waals surface area contributed by atoms with Crippen LogP contribution >= 0.6 is 11.8 Å². The second-order valence-corrected chi connectivity index (χ2v) is 6.06. The summed E-state index contributed by atoms with van der Waals surface area (Å²) in [4.78, 5) is 10.7. The number of rotatable bonds is 4. The third-order valence-corrected chi connectivity index (χ3v) is 4.57. The van der Waals surface area contributed by atoms with Crippen LogP contribution in [0.25, 0.3) is 0 Å². The topological polar surface area (TPSA) is 50.4 Å². The van der Waals surface area contributed by atoms with Gasteiger partial charge in [0.05, 0.1) is 5.75 Å². The van der Waals surface area contributed by atoms with Crippen molar-refractivity contribution in [3.63, 3.8) is 0 Å². The zero-order valence-corrected chi connectivity index (χ0v) is 10.8. The van der Waals surface area contributed by atoms with Crippen LogP contribution in [0, 0.1) is 5.92 Å². The molecule has 0 radical (unpaired) electrons. The van der Waals surface area contributed by atoms with Gasteiger partial charge in [0.2, 0.25) is 5.76 Å². The van der Waals surface area contributed by atoms with Crippen molar-refractivity contribution < 1.29 is 14.3 Å². The molecule has 3 nitrogen and oxygen atoms in total. The molecule has 0 spiro atoms. The number of thioether (sulfide) groups is 1. The summed E-state index contributed by atoms with van der Waals surface area (Å²) in [7, 11) is 0. The van der Waals surface area contributed by atoms with Gasteiger partial charge in [0, 0.05) is 5.25 Å². The number of aromatic carboxylic acids is 1. The lowest BCUT2D eigenvalue weighted by molar-refractivity contribution is 0.0661. The number of hydrogen-bond acceptors (Lipinski definition) is 3. The molecule has 0 saturated heterocycles. The molecule has 2 atom stereocenters. The maximum absolute atomic E-state index is 10.7. The first-order valence-corrected chi connectivity index (χ1v) is 7.13. The fourth-order valence-electron chi connectivity index (χ4n) is 2.30. The molecule has 1 aliphatic rings. The van der Waals surface area contributed by atoms with Crippen LogP contribution in [0.5, 0.6) is 0 Å². The molecule has 1 fully saturated rings. The van der Waals surface area contributed by atoms with Crippen molar-refractivity contribution in [1.82, 2.24) is 0 Å². The van der Waals surface area contributed by atoms with Gasteiger partial charge in [-0.3, -0.25) is 0 Å². The Morgan fingerprint density at radius 3 is 3.00 bits per heavy atom. The number of carbonyl (C=O) groups is 1. The van der Waals surface area contributed by atoms with Crippen LogP contribution in [0.2, 0.25) is 0 Å². The number of carboxylic acids is 1. The average molecular weight is 254 g/mol. The Bertz CT molecular complexity index is 386. The van der Waals surface area contributed by atoms with Crippen LogP contribution < -0.4 is 0 Å². The van der Waals surface area contributed by atoms with E-state index >= 15 is 0 Å². The summed E-state index contributed by atoms with van der Waals surface area (Å²) in [6.45, 7) is 2.31. The van der Waals surface area contributed by atoms with E-state index in [1.165, 1.54) is 31.7 Å². The standard InChI is InChI=1S/C13H18O3S/c1-9-3-2-4-11(7-9)17-8-10-5-6-12(16-10)13(14)15/h5-6,9,11H,2-4,7-8H2,1H3,(H,14,15). The number of hydrogen-bond donors (Lipinski definition) is 1. The zero-order valence-electron chi connectivity index (χ0n) is 10.0. The SMILES string of the molecule is CC1CCCC(SCc2ccc(C(=O)O)o2)C1. The van der Waals surface area contributed by atoms with E-state index in [4.69, 9.17) is 9.52 Å². The summed E-state index contributed by atoms with van der Waals surface area (Å²) in [6.07, 6.45) is 5.22. The van der Waals surface area contributed by atoms with Crippen LogP contribution in [0.3, 0.4) is 0 Å². The van der Waals surface area contributed by atoms with E-state index in [1.807, 2.05) is 11.8 Å². The van der Waals surface area contributed by atoms with Crippen LogP contribution in [-0.4, -0.2) is 16.3 Å². The lowest BCUT2D eigenvalue weighted by atomic mass is 9.91. The van der Waals surface area contributed by atoms with Gasteiger partial charge >= 0.3 is 5.97 Å². The van der Waals surface area contributed by atoms with Gasteiger partial charge in [-0.15, -0.1) is 0 Å². The van der Waals surface area contributed by atoms with E-state index < -0.39 is 5.97 Å². The average Bonchev–Trinajstić information content (AvgIpc) is 2.75. The fourth-order valence-corrected chi connectivity index (χ4v) is 3.65. The third-order valence-electron chi connectivity index (χ3n) is 3.22. The molecule has 1 N–H and O–H groups in total. The van der Waals surface area contributed by atoms with E-state index in [-0.39, 0.29) is 5.76 Å². The lowest BCUT2D eigenvalue weighted by Crippen LogP contribution is -2.15. The summed E-state index contributed by atoms with van der Waals surface area (Å²) in [6, 6.07) is 3.30. The van der Waals surface area contributed by atoms with E-state index in [9.17, 15) is 4.79 Å². The molecule has 4 heteroatoms. The van der Waals surface area contributed by atoms with Gasteiger partial charge in [-0.25, -0.2) is 4.79 Å². The number of furan rings is 1. The van der Waals surface area contributed by atoms with Crippen molar-refractivity contribution in [3.05, 3.63) is 23.7 Å². The summed E-state index contributed by atoms with van der Waals surface area (Å²) in [5.41, 5.74) is 0. The molecule has 17 heavy (non-hydrogen) atoms. The van der Waals surface area contributed by atoms with Crippen molar-refractivity contribution >= 4 is 17.7 Å². The molecule has 1 aromatic rings. The third kappa shape index (κ3) is 3.53. The predicted octanol–water partition coefficient (Wildman–Crippen LogP) is 3.79. The Balaban J connectivity index is 1.82. The zero-order chi connectivity index (χ0) is 12.3. The normalized spacial score (nSPS) is 24.8. The molecule has 2 unspecified atom stereocenters. The second kappa shape index (κ2) is 5.63. The minimum atomic E-state index is -0.993. The van der Waals surface area contributed by atoms with Crippen LogP contribution in [0.15, 0.2) is 16.5 Å². The highest BCUT2D eigenvalue weighted by molar-refractivity contribution is 7.99. The van der Waals surface area contributed by atoms with Gasteiger partial charge in [0.15, 0.2) is 0 Å². The van der Waals surface area contributed by atoms with Crippen LogP contribution in [0.4, 0.5) is 0 Å². The smallest absolute Gasteiger partial charge is 0.371 e. The van der Waals surface area contributed by atoms with Gasteiger partial charge in [-0.1, -0.05) is 19.8 Å². The molecule has 1 saturated carbocycles. The second-order valence-electron chi connectivity index (χ2n) is 4.78. The van der Waals surface area contributed by atoms with Crippen LogP contribution in [-0.2, 0) is 5.75 Å². The first-order chi connectivity index (χ1) is 8.15. The molecule has 0 amide bonds. The molecule has 2 rings (SSSR count). The molecule has 1 aromatic heterocycles. The van der Waals surface area contributed by atoms with E-state index in [0.29, 0.717) is 5.25 Å². The molecular formula is C13H18O3S. The van der Waals surface area contributed by atoms with Gasteiger partial charge in [0.1, 0.15) is 5.76 Å². The summed E-state index contributed by atoms with van der Waals surface area (Å²) in [5.74, 6) is 1.42. The molecule has 1 aliphatic carbocycles. The highest BCUT2D eigenvalue weighted by Crippen LogP contribution is 2.33. The summed E-state index contributed by atoms with van der Waals surface area (Å²) < 4.78 is 5.24. The van der Waals surface area contributed by atoms with Crippen molar-refractivity contribution in [2.75, 3.05) is 0 Å². The van der Waals surface area contributed by atoms with Gasteiger partial charge in [-0.05, 0) is 30.9 Å². The first-order valence-electron chi connectivity index (χ1n) is 6.08. The quantitative estimate of drug-likeness (QED) is 0.888. The van der Waals surface area contributed by atoms with Gasteiger partial charge in [0.25, 0.3) is 0 Å². The Kier molecular flexibility index (Phi) is 4.15. The van der Waals surface area contributed by atoms with Crippen molar-refractivity contribution in [2.45, 2.75) is 43.6 Å². The predicted molar refractivity (Wildman–Crippen MR) is 68.4 cm³/mol. The van der Waals surface area contributed by atoms with Crippen molar-refractivity contribution in [3.8, 4) is 0 Å². The number of carboxylic acid groups (broad SMARTS) is 1. The van der Waals surface area contributed by atoms with Gasteiger partial charge < -0.3 is 9.52 Å².